The Morgan fingerprint density at radius 1 is 1.64 bits per heavy atom. The van der Waals surface area contributed by atoms with Gasteiger partial charge in [0, 0.05) is 25.0 Å². The number of rotatable bonds is 6. The molecular formula is C10H17N3O. The minimum atomic E-state index is 0.270. The van der Waals surface area contributed by atoms with Crippen molar-refractivity contribution in [2.75, 3.05) is 6.61 Å². The monoisotopic (exact) mass is 195 g/mol. The summed E-state index contributed by atoms with van der Waals surface area (Å²) in [4.78, 5) is 7.21. The van der Waals surface area contributed by atoms with Crippen molar-refractivity contribution in [1.82, 2.24) is 15.3 Å². The van der Waals surface area contributed by atoms with Crippen LogP contribution in [0, 0.1) is 5.92 Å². The van der Waals surface area contributed by atoms with Crippen molar-refractivity contribution in [2.45, 2.75) is 31.8 Å². The summed E-state index contributed by atoms with van der Waals surface area (Å²) >= 11 is 0. The number of aliphatic hydroxyl groups is 1. The third-order valence-electron chi connectivity index (χ3n) is 2.72. The molecule has 1 saturated carbocycles. The van der Waals surface area contributed by atoms with Crippen LogP contribution in [-0.2, 0) is 6.54 Å². The molecule has 1 aromatic rings. The lowest BCUT2D eigenvalue weighted by atomic mass is 10.1. The van der Waals surface area contributed by atoms with Gasteiger partial charge in [0.2, 0.25) is 0 Å². The number of imidazole rings is 1. The van der Waals surface area contributed by atoms with Gasteiger partial charge in [-0.15, -0.1) is 0 Å². The first-order chi connectivity index (χ1) is 6.90. The van der Waals surface area contributed by atoms with Gasteiger partial charge in [-0.1, -0.05) is 0 Å². The van der Waals surface area contributed by atoms with Crippen molar-refractivity contribution in [1.29, 1.82) is 0 Å². The third-order valence-corrected chi connectivity index (χ3v) is 2.72. The largest absolute Gasteiger partial charge is 0.396 e. The van der Waals surface area contributed by atoms with Crippen molar-refractivity contribution in [3.63, 3.8) is 0 Å². The first-order valence-corrected chi connectivity index (χ1v) is 5.22. The minimum Gasteiger partial charge on any atom is -0.396 e. The van der Waals surface area contributed by atoms with Gasteiger partial charge in [-0.2, -0.15) is 0 Å². The van der Waals surface area contributed by atoms with Gasteiger partial charge in [-0.05, 0) is 25.2 Å². The molecule has 1 aromatic heterocycles. The number of hydrogen-bond acceptors (Lipinski definition) is 3. The van der Waals surface area contributed by atoms with E-state index in [1.54, 1.807) is 6.20 Å². The van der Waals surface area contributed by atoms with Crippen molar-refractivity contribution in [2.24, 2.45) is 5.92 Å². The van der Waals surface area contributed by atoms with E-state index in [1.807, 2.05) is 6.20 Å². The second kappa shape index (κ2) is 4.57. The topological polar surface area (TPSA) is 60.9 Å². The predicted molar refractivity (Wildman–Crippen MR) is 53.6 cm³/mol. The Balaban J connectivity index is 1.76. The van der Waals surface area contributed by atoms with E-state index in [2.05, 4.69) is 15.3 Å². The van der Waals surface area contributed by atoms with Crippen molar-refractivity contribution >= 4 is 0 Å². The van der Waals surface area contributed by atoms with Crippen LogP contribution in [0.3, 0.4) is 0 Å². The van der Waals surface area contributed by atoms with Gasteiger partial charge < -0.3 is 15.4 Å². The van der Waals surface area contributed by atoms with E-state index in [-0.39, 0.29) is 6.61 Å². The van der Waals surface area contributed by atoms with E-state index in [4.69, 9.17) is 5.11 Å². The standard InChI is InChI=1S/C10H17N3O/c14-6-3-9(8-1-2-8)13-7-10-11-4-5-12-10/h4-5,8-9,13-14H,1-3,6-7H2,(H,11,12). The van der Waals surface area contributed by atoms with Crippen LogP contribution in [0.5, 0.6) is 0 Å². The normalized spacial score (nSPS) is 18.4. The maximum absolute atomic E-state index is 8.91. The second-order valence-electron chi connectivity index (χ2n) is 3.87. The molecule has 0 aromatic carbocycles. The highest BCUT2D eigenvalue weighted by molar-refractivity contribution is 4.90. The van der Waals surface area contributed by atoms with E-state index >= 15 is 0 Å². The van der Waals surface area contributed by atoms with E-state index < -0.39 is 0 Å². The fraction of sp³-hybridized carbons (Fsp3) is 0.700. The van der Waals surface area contributed by atoms with Crippen LogP contribution in [0.15, 0.2) is 12.4 Å². The van der Waals surface area contributed by atoms with Crippen LogP contribution >= 0.6 is 0 Å². The fourth-order valence-electron chi connectivity index (χ4n) is 1.76. The first kappa shape index (κ1) is 9.68. The summed E-state index contributed by atoms with van der Waals surface area (Å²) in [6.07, 6.45) is 7.04. The maximum Gasteiger partial charge on any atom is 0.120 e. The molecule has 0 aliphatic heterocycles. The van der Waals surface area contributed by atoms with E-state index in [0.717, 1.165) is 24.7 Å². The smallest absolute Gasteiger partial charge is 0.120 e. The van der Waals surface area contributed by atoms with Crippen LogP contribution in [0.1, 0.15) is 25.1 Å². The summed E-state index contributed by atoms with van der Waals surface area (Å²) in [7, 11) is 0. The van der Waals surface area contributed by atoms with Crippen LogP contribution < -0.4 is 5.32 Å². The molecular weight excluding hydrogens is 178 g/mol. The summed E-state index contributed by atoms with van der Waals surface area (Å²) in [5, 5.41) is 12.3. The first-order valence-electron chi connectivity index (χ1n) is 5.22. The molecule has 1 aliphatic carbocycles. The Hall–Kier alpha value is -0.870. The second-order valence-corrected chi connectivity index (χ2v) is 3.87. The van der Waals surface area contributed by atoms with Gasteiger partial charge in [0.15, 0.2) is 0 Å². The van der Waals surface area contributed by atoms with Gasteiger partial charge in [-0.3, -0.25) is 0 Å². The Morgan fingerprint density at radius 2 is 2.50 bits per heavy atom. The number of aromatic nitrogens is 2. The molecule has 0 amide bonds. The van der Waals surface area contributed by atoms with E-state index in [1.165, 1.54) is 12.8 Å². The quantitative estimate of drug-likeness (QED) is 0.625. The Kier molecular flexibility index (Phi) is 3.16. The molecule has 0 saturated heterocycles. The molecule has 1 heterocycles. The third kappa shape index (κ3) is 2.56. The number of aliphatic hydroxyl groups excluding tert-OH is 1. The zero-order chi connectivity index (χ0) is 9.80. The Labute approximate surface area is 83.8 Å². The van der Waals surface area contributed by atoms with Crippen LogP contribution in [-0.4, -0.2) is 27.7 Å². The summed E-state index contributed by atoms with van der Waals surface area (Å²) in [5.74, 6) is 1.74. The zero-order valence-electron chi connectivity index (χ0n) is 8.24. The molecule has 1 unspecified atom stereocenters. The highest BCUT2D eigenvalue weighted by atomic mass is 16.3. The molecule has 4 nitrogen and oxygen atoms in total. The van der Waals surface area contributed by atoms with Crippen molar-refractivity contribution < 1.29 is 5.11 Å². The highest BCUT2D eigenvalue weighted by Crippen LogP contribution is 2.33. The molecule has 4 heteroatoms. The number of aromatic amines is 1. The highest BCUT2D eigenvalue weighted by Gasteiger charge is 2.30. The summed E-state index contributed by atoms with van der Waals surface area (Å²) in [6, 6.07) is 0.463. The predicted octanol–water partition coefficient (Wildman–Crippen LogP) is 0.660. The fourth-order valence-corrected chi connectivity index (χ4v) is 1.76. The van der Waals surface area contributed by atoms with Gasteiger partial charge in [0.1, 0.15) is 5.82 Å². The molecule has 0 bridgehead atoms. The van der Waals surface area contributed by atoms with Crippen molar-refractivity contribution in [3.05, 3.63) is 18.2 Å². The lowest BCUT2D eigenvalue weighted by Crippen LogP contribution is -2.31. The van der Waals surface area contributed by atoms with Gasteiger partial charge >= 0.3 is 0 Å². The summed E-state index contributed by atoms with van der Waals surface area (Å²) in [5.41, 5.74) is 0. The zero-order valence-corrected chi connectivity index (χ0v) is 8.24. The molecule has 2 rings (SSSR count). The SMILES string of the molecule is OCCC(NCc1ncc[nH]1)C1CC1. The molecule has 14 heavy (non-hydrogen) atoms. The lowest BCUT2D eigenvalue weighted by Gasteiger charge is -2.15. The molecule has 0 radical (unpaired) electrons. The number of hydrogen-bond donors (Lipinski definition) is 3. The molecule has 1 fully saturated rings. The minimum absolute atomic E-state index is 0.270. The molecule has 0 spiro atoms. The van der Waals surface area contributed by atoms with Crippen LogP contribution in [0.4, 0.5) is 0 Å². The number of H-pyrrole nitrogens is 1. The summed E-state index contributed by atoms with van der Waals surface area (Å²) < 4.78 is 0. The Bertz CT molecular complexity index is 256. The molecule has 78 valence electrons. The Morgan fingerprint density at radius 3 is 3.07 bits per heavy atom. The average Bonchev–Trinajstić information content (AvgIpc) is 2.90. The van der Waals surface area contributed by atoms with E-state index in [9.17, 15) is 0 Å². The molecule has 1 aliphatic rings. The lowest BCUT2D eigenvalue weighted by molar-refractivity contribution is 0.255. The van der Waals surface area contributed by atoms with Gasteiger partial charge in [0.25, 0.3) is 0 Å². The van der Waals surface area contributed by atoms with Gasteiger partial charge in [-0.25, -0.2) is 4.98 Å². The van der Waals surface area contributed by atoms with E-state index in [0.29, 0.717) is 6.04 Å². The van der Waals surface area contributed by atoms with Crippen LogP contribution in [0.2, 0.25) is 0 Å². The number of nitrogens with zero attached hydrogens (tertiary/aromatic N) is 1. The average molecular weight is 195 g/mol. The van der Waals surface area contributed by atoms with Crippen molar-refractivity contribution in [3.8, 4) is 0 Å². The van der Waals surface area contributed by atoms with Crippen LogP contribution in [0.25, 0.3) is 0 Å². The molecule has 1 atom stereocenters. The summed E-state index contributed by atoms with van der Waals surface area (Å²) in [6.45, 7) is 1.04. The van der Waals surface area contributed by atoms with Gasteiger partial charge in [0.05, 0.1) is 6.54 Å². The molecule has 3 N–H and O–H groups in total. The number of nitrogens with one attached hydrogen (secondary N) is 2. The maximum atomic E-state index is 8.91.